The highest BCUT2D eigenvalue weighted by atomic mass is 32.2. The molecule has 0 radical (unpaired) electrons. The Balaban J connectivity index is 1.54. The van der Waals surface area contributed by atoms with Gasteiger partial charge in [-0.2, -0.15) is 0 Å². The van der Waals surface area contributed by atoms with Gasteiger partial charge in [0.25, 0.3) is 11.8 Å². The lowest BCUT2D eigenvalue weighted by Crippen LogP contribution is -2.29. The second kappa shape index (κ2) is 7.03. The van der Waals surface area contributed by atoms with Crippen molar-refractivity contribution in [3.63, 3.8) is 0 Å². The lowest BCUT2D eigenvalue weighted by atomic mass is 10.1. The third-order valence-electron chi connectivity index (χ3n) is 4.51. The van der Waals surface area contributed by atoms with Crippen molar-refractivity contribution >= 4 is 27.5 Å². The molecule has 0 fully saturated rings. The number of imide groups is 1. The second-order valence-electron chi connectivity index (χ2n) is 6.30. The lowest BCUT2D eigenvalue weighted by molar-refractivity contribution is 0.0926. The molecule has 3 aromatic carbocycles. The molecule has 1 aliphatic heterocycles. The highest BCUT2D eigenvalue weighted by Gasteiger charge is 2.36. The zero-order chi connectivity index (χ0) is 19.7. The molecular formula is C21H16N2O4S. The number of carbonyl (C=O) groups excluding carboxylic acids is 2. The molecule has 0 unspecified atom stereocenters. The Bertz CT molecular complexity index is 1120. The average molecular weight is 392 g/mol. The normalized spacial score (nSPS) is 13.6. The Hall–Kier alpha value is -3.29. The largest absolute Gasteiger partial charge is 0.268 e. The smallest absolute Gasteiger partial charge is 0.266 e. The first-order valence-corrected chi connectivity index (χ1v) is 10.1. The summed E-state index contributed by atoms with van der Waals surface area (Å²) in [5.41, 5.74) is 1.85. The van der Waals surface area contributed by atoms with Crippen LogP contribution in [0.25, 0.3) is 0 Å². The maximum absolute atomic E-state index is 12.5. The molecule has 0 bridgehead atoms. The summed E-state index contributed by atoms with van der Waals surface area (Å²) in [6.45, 7) is 0.170. The topological polar surface area (TPSA) is 83.6 Å². The fraction of sp³-hybridized carbons (Fsp3) is 0.0476. The fourth-order valence-corrected chi connectivity index (χ4v) is 4.07. The Kier molecular flexibility index (Phi) is 4.54. The van der Waals surface area contributed by atoms with E-state index in [0.717, 1.165) is 10.5 Å². The van der Waals surface area contributed by atoms with Crippen LogP contribution in [0.2, 0.25) is 0 Å². The Morgan fingerprint density at radius 3 is 1.82 bits per heavy atom. The van der Waals surface area contributed by atoms with Crippen LogP contribution in [-0.4, -0.2) is 20.2 Å². The van der Waals surface area contributed by atoms with E-state index in [-0.39, 0.29) is 11.4 Å². The molecule has 6 nitrogen and oxygen atoms in total. The second-order valence-corrected chi connectivity index (χ2v) is 8.06. The number of fused-ring (bicyclic) bond motifs is 1. The SMILES string of the molecule is O=C1c2ccccc2C(=O)N1c1ccc(S(=O)(=O)NCc2ccccc2)cc1. The van der Waals surface area contributed by atoms with Gasteiger partial charge in [0.15, 0.2) is 0 Å². The van der Waals surface area contributed by atoms with Crippen molar-refractivity contribution in [2.75, 3.05) is 4.90 Å². The minimum absolute atomic E-state index is 0.0591. The monoisotopic (exact) mass is 392 g/mol. The number of nitrogens with zero attached hydrogens (tertiary/aromatic N) is 1. The molecule has 4 rings (SSSR count). The molecule has 0 saturated heterocycles. The summed E-state index contributed by atoms with van der Waals surface area (Å²) < 4.78 is 27.5. The molecule has 0 atom stereocenters. The zero-order valence-electron chi connectivity index (χ0n) is 14.7. The van der Waals surface area contributed by atoms with Crippen molar-refractivity contribution in [1.29, 1.82) is 0 Å². The quantitative estimate of drug-likeness (QED) is 0.677. The molecule has 1 aliphatic rings. The number of carbonyl (C=O) groups is 2. The van der Waals surface area contributed by atoms with Gasteiger partial charge in [-0.3, -0.25) is 9.59 Å². The summed E-state index contributed by atoms with van der Waals surface area (Å²) in [4.78, 5) is 26.2. The molecule has 3 aromatic rings. The summed E-state index contributed by atoms with van der Waals surface area (Å²) in [5.74, 6) is -0.836. The Labute approximate surface area is 162 Å². The lowest BCUT2D eigenvalue weighted by Gasteiger charge is -2.14. The maximum atomic E-state index is 12.5. The van der Waals surface area contributed by atoms with Gasteiger partial charge in [0.2, 0.25) is 10.0 Å². The van der Waals surface area contributed by atoms with Crippen molar-refractivity contribution in [2.45, 2.75) is 11.4 Å². The first kappa shape index (κ1) is 18.1. The Morgan fingerprint density at radius 1 is 0.714 bits per heavy atom. The molecule has 0 spiro atoms. The van der Waals surface area contributed by atoms with Crippen molar-refractivity contribution < 1.29 is 18.0 Å². The van der Waals surface area contributed by atoms with Crippen LogP contribution in [0.4, 0.5) is 5.69 Å². The third kappa shape index (κ3) is 3.21. The number of hydrogen-bond acceptors (Lipinski definition) is 4. The minimum atomic E-state index is -3.72. The molecule has 0 saturated carbocycles. The van der Waals surface area contributed by atoms with Crippen molar-refractivity contribution in [3.05, 3.63) is 95.6 Å². The van der Waals surface area contributed by atoms with Crippen LogP contribution < -0.4 is 9.62 Å². The van der Waals surface area contributed by atoms with Gasteiger partial charge in [0.05, 0.1) is 21.7 Å². The van der Waals surface area contributed by atoms with Crippen LogP contribution in [-0.2, 0) is 16.6 Å². The molecule has 2 amide bonds. The highest BCUT2D eigenvalue weighted by Crippen LogP contribution is 2.28. The molecule has 7 heteroatoms. The summed E-state index contributed by atoms with van der Waals surface area (Å²) in [6.07, 6.45) is 0. The van der Waals surface area contributed by atoms with Crippen LogP contribution in [0, 0.1) is 0 Å². The number of nitrogens with one attached hydrogen (secondary N) is 1. The fourth-order valence-electron chi connectivity index (χ4n) is 3.06. The first-order valence-electron chi connectivity index (χ1n) is 8.59. The molecule has 1 N–H and O–H groups in total. The van der Waals surface area contributed by atoms with E-state index in [9.17, 15) is 18.0 Å². The van der Waals surface area contributed by atoms with E-state index in [2.05, 4.69) is 4.72 Å². The van der Waals surface area contributed by atoms with Crippen molar-refractivity contribution in [1.82, 2.24) is 4.72 Å². The van der Waals surface area contributed by atoms with Gasteiger partial charge >= 0.3 is 0 Å². The summed E-state index contributed by atoms with van der Waals surface area (Å²) in [7, 11) is -3.72. The van der Waals surface area contributed by atoms with Crippen molar-refractivity contribution in [3.8, 4) is 0 Å². The standard InChI is InChI=1S/C21H16N2O4S/c24-20-18-8-4-5-9-19(18)21(25)23(20)16-10-12-17(13-11-16)28(26,27)22-14-15-6-2-1-3-7-15/h1-13,22H,14H2. The van der Waals surface area contributed by atoms with Gasteiger partial charge in [-0.25, -0.2) is 18.0 Å². The number of hydrogen-bond donors (Lipinski definition) is 1. The molecule has 140 valence electrons. The van der Waals surface area contributed by atoms with Gasteiger partial charge in [0.1, 0.15) is 0 Å². The average Bonchev–Trinajstić information content (AvgIpc) is 2.98. The van der Waals surface area contributed by atoms with Crippen LogP contribution in [0.1, 0.15) is 26.3 Å². The Morgan fingerprint density at radius 2 is 1.25 bits per heavy atom. The molecule has 28 heavy (non-hydrogen) atoms. The van der Waals surface area contributed by atoms with Gasteiger partial charge in [0, 0.05) is 6.54 Å². The van der Waals surface area contributed by atoms with Crippen LogP contribution in [0.5, 0.6) is 0 Å². The van der Waals surface area contributed by atoms with Crippen molar-refractivity contribution in [2.24, 2.45) is 0 Å². The zero-order valence-corrected chi connectivity index (χ0v) is 15.5. The molecular weight excluding hydrogens is 376 g/mol. The molecule has 0 aromatic heterocycles. The third-order valence-corrected chi connectivity index (χ3v) is 5.93. The summed E-state index contributed by atoms with van der Waals surface area (Å²) >= 11 is 0. The van der Waals surface area contributed by atoms with E-state index < -0.39 is 21.8 Å². The predicted octanol–water partition coefficient (Wildman–Crippen LogP) is 2.97. The number of benzene rings is 3. The van der Waals surface area contributed by atoms with E-state index in [0.29, 0.717) is 16.8 Å². The predicted molar refractivity (Wildman–Crippen MR) is 104 cm³/mol. The van der Waals surface area contributed by atoms with Crippen LogP contribution >= 0.6 is 0 Å². The maximum Gasteiger partial charge on any atom is 0.266 e. The minimum Gasteiger partial charge on any atom is -0.268 e. The number of rotatable bonds is 5. The first-order chi connectivity index (χ1) is 13.5. The molecule has 1 heterocycles. The number of amides is 2. The van der Waals surface area contributed by atoms with E-state index >= 15 is 0 Å². The van der Waals surface area contributed by atoms with Gasteiger partial charge in [-0.1, -0.05) is 42.5 Å². The van der Waals surface area contributed by atoms with E-state index in [4.69, 9.17) is 0 Å². The van der Waals surface area contributed by atoms with Crippen LogP contribution in [0.3, 0.4) is 0 Å². The number of sulfonamides is 1. The van der Waals surface area contributed by atoms with E-state index in [1.54, 1.807) is 24.3 Å². The number of anilines is 1. The summed E-state index contributed by atoms with van der Waals surface area (Å²) in [6, 6.07) is 21.4. The van der Waals surface area contributed by atoms with Crippen LogP contribution in [0.15, 0.2) is 83.8 Å². The van der Waals surface area contributed by atoms with Gasteiger partial charge in [-0.15, -0.1) is 0 Å². The highest BCUT2D eigenvalue weighted by molar-refractivity contribution is 7.89. The van der Waals surface area contributed by atoms with E-state index in [1.807, 2.05) is 30.3 Å². The van der Waals surface area contributed by atoms with Gasteiger partial charge < -0.3 is 0 Å². The van der Waals surface area contributed by atoms with Gasteiger partial charge in [-0.05, 0) is 42.0 Å². The van der Waals surface area contributed by atoms with E-state index in [1.165, 1.54) is 24.3 Å². The molecule has 0 aliphatic carbocycles. The summed E-state index contributed by atoms with van der Waals surface area (Å²) in [5, 5.41) is 0.